The van der Waals surface area contributed by atoms with E-state index in [0.29, 0.717) is 6.42 Å². The zero-order chi connectivity index (χ0) is 18.0. The van der Waals surface area contributed by atoms with E-state index in [1.807, 2.05) is 0 Å². The van der Waals surface area contributed by atoms with Crippen LogP contribution in [0.2, 0.25) is 0 Å². The molecule has 0 heterocycles. The lowest BCUT2D eigenvalue weighted by Gasteiger charge is -2.13. The number of allylic oxidation sites excluding steroid dienone is 1. The number of carboxylic acid groups (broad SMARTS) is 1. The van der Waals surface area contributed by atoms with Gasteiger partial charge in [-0.25, -0.2) is 4.39 Å². The topological polar surface area (TPSA) is 37.3 Å². The molecule has 0 aromatic heterocycles. The molecule has 0 saturated carbocycles. The number of carboxylic acids is 1. The number of aliphatic carboxylic acids is 1. The van der Waals surface area contributed by atoms with Gasteiger partial charge in [0.15, 0.2) is 0 Å². The van der Waals surface area contributed by atoms with E-state index in [1.54, 1.807) is 0 Å². The van der Waals surface area contributed by atoms with Crippen molar-refractivity contribution in [2.75, 3.05) is 0 Å². The molecule has 0 aromatic rings. The van der Waals surface area contributed by atoms with E-state index in [2.05, 4.69) is 13.5 Å². The minimum atomic E-state index is -1.43. The van der Waals surface area contributed by atoms with Crippen molar-refractivity contribution < 1.29 is 14.3 Å². The Kier molecular flexibility index (Phi) is 16.4. The molecule has 0 aromatic carbocycles. The number of alkyl halides is 1. The van der Waals surface area contributed by atoms with Crippen LogP contribution >= 0.6 is 0 Å². The van der Waals surface area contributed by atoms with E-state index in [0.717, 1.165) is 25.3 Å². The molecule has 0 amide bonds. The van der Waals surface area contributed by atoms with Crippen molar-refractivity contribution in [3.05, 3.63) is 12.7 Å². The highest BCUT2D eigenvalue weighted by molar-refractivity contribution is 5.71. The Labute approximate surface area is 148 Å². The molecule has 0 aliphatic carbocycles. The molecule has 0 aliphatic rings. The third kappa shape index (κ3) is 13.6. The lowest BCUT2D eigenvalue weighted by molar-refractivity contribution is -0.143. The van der Waals surface area contributed by atoms with Crippen molar-refractivity contribution in [1.29, 1.82) is 0 Å². The molecule has 2 unspecified atom stereocenters. The average Bonchev–Trinajstić information content (AvgIpc) is 2.57. The molecule has 0 bridgehead atoms. The lowest BCUT2D eigenvalue weighted by atomic mass is 9.95. The first-order valence-corrected chi connectivity index (χ1v) is 10.1. The number of rotatable bonds is 18. The van der Waals surface area contributed by atoms with Crippen molar-refractivity contribution in [2.24, 2.45) is 5.92 Å². The van der Waals surface area contributed by atoms with Gasteiger partial charge in [0.1, 0.15) is 6.17 Å². The van der Waals surface area contributed by atoms with Crippen LogP contribution in [0.25, 0.3) is 0 Å². The summed E-state index contributed by atoms with van der Waals surface area (Å²) < 4.78 is 13.4. The average molecular weight is 343 g/mol. The zero-order valence-electron chi connectivity index (χ0n) is 15.8. The normalized spacial score (nSPS) is 13.6. The number of hydrogen-bond donors (Lipinski definition) is 1. The highest BCUT2D eigenvalue weighted by atomic mass is 19.1. The summed E-state index contributed by atoms with van der Waals surface area (Å²) >= 11 is 0. The third-order valence-corrected chi connectivity index (χ3v) is 4.80. The summed E-state index contributed by atoms with van der Waals surface area (Å²) in [6, 6.07) is 0. The van der Waals surface area contributed by atoms with E-state index in [-0.39, 0.29) is 0 Å². The molecule has 0 fully saturated rings. The Morgan fingerprint density at radius 3 is 1.58 bits per heavy atom. The summed E-state index contributed by atoms with van der Waals surface area (Å²) in [5.74, 6) is -1.96. The van der Waals surface area contributed by atoms with Crippen molar-refractivity contribution in [3.8, 4) is 0 Å². The summed E-state index contributed by atoms with van der Waals surface area (Å²) in [7, 11) is 0. The molecule has 0 radical (unpaired) electrons. The van der Waals surface area contributed by atoms with E-state index < -0.39 is 18.1 Å². The van der Waals surface area contributed by atoms with Crippen LogP contribution in [0.15, 0.2) is 12.7 Å². The van der Waals surface area contributed by atoms with Crippen LogP contribution in [0.5, 0.6) is 0 Å². The van der Waals surface area contributed by atoms with Gasteiger partial charge in [-0.3, -0.25) is 4.79 Å². The Morgan fingerprint density at radius 1 is 0.875 bits per heavy atom. The number of carbonyl (C=O) groups is 1. The zero-order valence-corrected chi connectivity index (χ0v) is 15.8. The maximum atomic E-state index is 13.4. The highest BCUT2D eigenvalue weighted by Gasteiger charge is 2.24. The van der Waals surface area contributed by atoms with Crippen molar-refractivity contribution >= 4 is 5.97 Å². The monoisotopic (exact) mass is 342 g/mol. The van der Waals surface area contributed by atoms with E-state index in [1.165, 1.54) is 70.6 Å². The first-order valence-electron chi connectivity index (χ1n) is 10.1. The number of hydrogen-bond acceptors (Lipinski definition) is 1. The van der Waals surface area contributed by atoms with Crippen LogP contribution < -0.4 is 0 Å². The van der Waals surface area contributed by atoms with Crippen molar-refractivity contribution in [3.63, 3.8) is 0 Å². The summed E-state index contributed by atoms with van der Waals surface area (Å²) in [6.07, 6.45) is 17.8. The molecule has 1 N–H and O–H groups in total. The van der Waals surface area contributed by atoms with Crippen LogP contribution in [0.1, 0.15) is 103 Å². The van der Waals surface area contributed by atoms with Gasteiger partial charge in [0.05, 0.1) is 5.92 Å². The van der Waals surface area contributed by atoms with Gasteiger partial charge in [0.25, 0.3) is 0 Å². The van der Waals surface area contributed by atoms with Crippen LogP contribution in [0.3, 0.4) is 0 Å². The molecular weight excluding hydrogens is 303 g/mol. The van der Waals surface area contributed by atoms with Gasteiger partial charge < -0.3 is 5.11 Å². The van der Waals surface area contributed by atoms with Crippen LogP contribution in [-0.2, 0) is 4.79 Å². The van der Waals surface area contributed by atoms with Gasteiger partial charge in [0, 0.05) is 0 Å². The predicted octanol–water partition coefficient (Wildman–Crippen LogP) is 7.08. The second-order valence-electron chi connectivity index (χ2n) is 7.01. The second kappa shape index (κ2) is 17.0. The molecule has 142 valence electrons. The molecule has 3 heteroatoms. The molecule has 2 atom stereocenters. The van der Waals surface area contributed by atoms with E-state index in [9.17, 15) is 9.18 Å². The predicted molar refractivity (Wildman–Crippen MR) is 101 cm³/mol. The molecular formula is C21H39FO2. The molecule has 0 rings (SSSR count). The van der Waals surface area contributed by atoms with Crippen LogP contribution in [-0.4, -0.2) is 17.2 Å². The van der Waals surface area contributed by atoms with Crippen molar-refractivity contribution in [1.82, 2.24) is 0 Å². The molecule has 0 saturated heterocycles. The maximum Gasteiger partial charge on any atom is 0.309 e. The van der Waals surface area contributed by atoms with Gasteiger partial charge in [-0.15, -0.1) is 6.58 Å². The standard InChI is InChI=1S/C21H39FO2/c1-3-5-6-7-8-9-10-11-12-13-14-15-16-17-18-19(21(23)24)20(22)4-2/h4,19-20H,2-3,5-18H2,1H3,(H,23,24). The fourth-order valence-corrected chi connectivity index (χ4v) is 3.14. The molecule has 0 aliphatic heterocycles. The maximum absolute atomic E-state index is 13.4. The Bertz CT molecular complexity index is 304. The fraction of sp³-hybridized carbons (Fsp3) is 0.857. The van der Waals surface area contributed by atoms with E-state index >= 15 is 0 Å². The Morgan fingerprint density at radius 2 is 1.25 bits per heavy atom. The summed E-state index contributed by atoms with van der Waals surface area (Å²) in [5, 5.41) is 8.99. The minimum Gasteiger partial charge on any atom is -0.481 e. The quantitative estimate of drug-likeness (QED) is 0.213. The summed E-state index contributed by atoms with van der Waals surface area (Å²) in [6.45, 7) is 5.60. The molecule has 24 heavy (non-hydrogen) atoms. The van der Waals surface area contributed by atoms with Gasteiger partial charge in [-0.1, -0.05) is 103 Å². The van der Waals surface area contributed by atoms with Gasteiger partial charge in [-0.2, -0.15) is 0 Å². The largest absolute Gasteiger partial charge is 0.481 e. The Balaban J connectivity index is 3.33. The van der Waals surface area contributed by atoms with Gasteiger partial charge >= 0.3 is 5.97 Å². The second-order valence-corrected chi connectivity index (χ2v) is 7.01. The molecule has 2 nitrogen and oxygen atoms in total. The SMILES string of the molecule is C=CC(F)C(CCCCCCCCCCCCCCCC)C(=O)O. The third-order valence-electron chi connectivity index (χ3n) is 4.80. The first-order chi connectivity index (χ1) is 11.6. The van der Waals surface area contributed by atoms with Gasteiger partial charge in [-0.05, 0) is 6.42 Å². The molecule has 0 spiro atoms. The number of unbranched alkanes of at least 4 members (excludes halogenated alkanes) is 13. The van der Waals surface area contributed by atoms with Gasteiger partial charge in [0.2, 0.25) is 0 Å². The van der Waals surface area contributed by atoms with Crippen LogP contribution in [0.4, 0.5) is 4.39 Å². The Hall–Kier alpha value is -0.860. The lowest BCUT2D eigenvalue weighted by Crippen LogP contribution is -2.23. The summed E-state index contributed by atoms with van der Waals surface area (Å²) in [5.41, 5.74) is 0. The minimum absolute atomic E-state index is 0.417. The fourth-order valence-electron chi connectivity index (χ4n) is 3.14. The van der Waals surface area contributed by atoms with Crippen molar-refractivity contribution in [2.45, 2.75) is 109 Å². The highest BCUT2D eigenvalue weighted by Crippen LogP contribution is 2.19. The number of halogens is 1. The van der Waals surface area contributed by atoms with E-state index in [4.69, 9.17) is 5.11 Å². The first kappa shape index (κ1) is 23.1. The summed E-state index contributed by atoms with van der Waals surface area (Å²) in [4.78, 5) is 11.0. The van der Waals surface area contributed by atoms with Crippen LogP contribution in [0, 0.1) is 5.92 Å². The smallest absolute Gasteiger partial charge is 0.309 e.